The summed E-state index contributed by atoms with van der Waals surface area (Å²) in [5, 5.41) is 12.7. The largest absolute Gasteiger partial charge is 0.478 e. The van der Waals surface area contributed by atoms with Crippen LogP contribution in [0.2, 0.25) is 0 Å². The van der Waals surface area contributed by atoms with Crippen LogP contribution in [0.4, 0.5) is 5.95 Å². The van der Waals surface area contributed by atoms with Crippen LogP contribution in [-0.2, 0) is 6.54 Å². The van der Waals surface area contributed by atoms with Gasteiger partial charge in [-0.2, -0.15) is 0 Å². The Kier molecular flexibility index (Phi) is 2.55. The number of carboxylic acids is 1. The van der Waals surface area contributed by atoms with Crippen molar-refractivity contribution >= 4 is 11.9 Å². The number of rotatable bonds is 3. The Balaban J connectivity index is 2.14. The highest BCUT2D eigenvalue weighted by Crippen LogP contribution is 2.06. The fourth-order valence-corrected chi connectivity index (χ4v) is 1.33. The molecule has 2 rings (SSSR count). The summed E-state index contributed by atoms with van der Waals surface area (Å²) in [6, 6.07) is 6.58. The van der Waals surface area contributed by atoms with Gasteiger partial charge >= 0.3 is 5.97 Å². The molecule has 2 aromatic rings. The molecule has 0 amide bonds. The molecule has 0 aliphatic heterocycles. The van der Waals surface area contributed by atoms with E-state index in [9.17, 15) is 4.79 Å². The fourth-order valence-electron chi connectivity index (χ4n) is 1.33. The van der Waals surface area contributed by atoms with Gasteiger partial charge in [0.2, 0.25) is 5.95 Å². The van der Waals surface area contributed by atoms with E-state index < -0.39 is 5.97 Å². The molecule has 6 nitrogen and oxygen atoms in total. The van der Waals surface area contributed by atoms with Crippen molar-refractivity contribution in [2.24, 2.45) is 0 Å². The minimum Gasteiger partial charge on any atom is -0.478 e. The molecule has 1 aromatic carbocycles. The minimum atomic E-state index is -0.934. The number of aromatic carboxylic acids is 1. The molecule has 16 heavy (non-hydrogen) atoms. The second kappa shape index (κ2) is 4.01. The summed E-state index contributed by atoms with van der Waals surface area (Å²) in [5.74, 6) is -0.710. The number of nitrogen functional groups attached to an aromatic ring is 1. The Morgan fingerprint density at radius 3 is 2.56 bits per heavy atom. The molecule has 0 bridgehead atoms. The fraction of sp³-hybridized carbons (Fsp3) is 0.100. The number of carboxylic acid groups (broad SMARTS) is 1. The maximum Gasteiger partial charge on any atom is 0.335 e. The van der Waals surface area contributed by atoms with Gasteiger partial charge in [-0.15, -0.1) is 5.10 Å². The Bertz CT molecular complexity index is 504. The molecule has 0 saturated heterocycles. The third-order valence-corrected chi connectivity index (χ3v) is 2.10. The lowest BCUT2D eigenvalue weighted by Crippen LogP contribution is -2.02. The smallest absolute Gasteiger partial charge is 0.335 e. The summed E-state index contributed by atoms with van der Waals surface area (Å²) >= 11 is 0. The quantitative estimate of drug-likeness (QED) is 0.787. The number of carbonyl (C=O) groups is 1. The highest BCUT2D eigenvalue weighted by Gasteiger charge is 2.02. The van der Waals surface area contributed by atoms with Crippen LogP contribution in [0.3, 0.4) is 0 Å². The lowest BCUT2D eigenvalue weighted by Gasteiger charge is -2.01. The van der Waals surface area contributed by atoms with Gasteiger partial charge in [0, 0.05) is 0 Å². The number of aromatic nitrogens is 3. The molecule has 0 unspecified atom stereocenters. The molecule has 3 N–H and O–H groups in total. The van der Waals surface area contributed by atoms with Gasteiger partial charge in [0.15, 0.2) is 0 Å². The van der Waals surface area contributed by atoms with E-state index in [0.717, 1.165) is 5.56 Å². The maximum absolute atomic E-state index is 10.6. The van der Waals surface area contributed by atoms with Crippen molar-refractivity contribution in [3.05, 3.63) is 41.7 Å². The minimum absolute atomic E-state index is 0.224. The molecule has 0 aliphatic rings. The summed E-state index contributed by atoms with van der Waals surface area (Å²) in [4.78, 5) is 14.4. The number of anilines is 1. The predicted octanol–water partition coefficient (Wildman–Crippen LogP) is 0.607. The average Bonchev–Trinajstić information content (AvgIpc) is 2.65. The van der Waals surface area contributed by atoms with Crippen LogP contribution in [0.15, 0.2) is 30.6 Å². The van der Waals surface area contributed by atoms with E-state index >= 15 is 0 Å². The van der Waals surface area contributed by atoms with Gasteiger partial charge < -0.3 is 10.8 Å². The van der Waals surface area contributed by atoms with Crippen molar-refractivity contribution in [3.63, 3.8) is 0 Å². The average molecular weight is 218 g/mol. The molecule has 0 radical (unpaired) electrons. The number of hydrogen-bond donors (Lipinski definition) is 2. The van der Waals surface area contributed by atoms with E-state index in [1.807, 2.05) is 0 Å². The van der Waals surface area contributed by atoms with Gasteiger partial charge in [-0.3, -0.25) is 0 Å². The second-order valence-electron chi connectivity index (χ2n) is 3.30. The van der Waals surface area contributed by atoms with E-state index in [4.69, 9.17) is 10.8 Å². The van der Waals surface area contributed by atoms with Gasteiger partial charge in [0.1, 0.15) is 6.33 Å². The standard InChI is InChI=1S/C10H10N4O2/c11-10-12-6-14(13-10)5-7-1-3-8(4-2-7)9(15)16/h1-4,6H,5H2,(H2,11,13)(H,15,16). The van der Waals surface area contributed by atoms with Gasteiger partial charge in [0.05, 0.1) is 12.1 Å². The first-order chi connectivity index (χ1) is 7.65. The van der Waals surface area contributed by atoms with Crippen LogP contribution in [0, 0.1) is 0 Å². The van der Waals surface area contributed by atoms with Crippen molar-refractivity contribution < 1.29 is 9.90 Å². The summed E-state index contributed by atoms with van der Waals surface area (Å²) < 4.78 is 1.59. The number of benzene rings is 1. The molecule has 1 heterocycles. The number of nitrogens with two attached hydrogens (primary N) is 1. The SMILES string of the molecule is Nc1ncn(Cc2ccc(C(=O)O)cc2)n1. The maximum atomic E-state index is 10.6. The Hall–Kier alpha value is -2.37. The summed E-state index contributed by atoms with van der Waals surface area (Å²) in [6.45, 7) is 0.518. The van der Waals surface area contributed by atoms with Crippen LogP contribution in [0.25, 0.3) is 0 Å². The van der Waals surface area contributed by atoms with Crippen molar-refractivity contribution in [2.45, 2.75) is 6.54 Å². The van der Waals surface area contributed by atoms with E-state index in [0.29, 0.717) is 6.54 Å². The normalized spacial score (nSPS) is 10.2. The number of nitrogens with zero attached hydrogens (tertiary/aromatic N) is 3. The first kappa shape index (κ1) is 10.2. The van der Waals surface area contributed by atoms with Crippen LogP contribution in [-0.4, -0.2) is 25.8 Å². The molecule has 0 spiro atoms. The van der Waals surface area contributed by atoms with E-state index in [-0.39, 0.29) is 11.5 Å². The molecule has 0 atom stereocenters. The van der Waals surface area contributed by atoms with Crippen molar-refractivity contribution in [2.75, 3.05) is 5.73 Å². The van der Waals surface area contributed by atoms with Crippen LogP contribution in [0.1, 0.15) is 15.9 Å². The lowest BCUT2D eigenvalue weighted by molar-refractivity contribution is 0.0697. The molecule has 0 saturated carbocycles. The highest BCUT2D eigenvalue weighted by molar-refractivity contribution is 5.87. The molecule has 82 valence electrons. The van der Waals surface area contributed by atoms with Crippen molar-refractivity contribution in [1.82, 2.24) is 14.8 Å². The van der Waals surface area contributed by atoms with Gasteiger partial charge in [0.25, 0.3) is 0 Å². The second-order valence-corrected chi connectivity index (χ2v) is 3.30. The van der Waals surface area contributed by atoms with Crippen LogP contribution in [0.5, 0.6) is 0 Å². The lowest BCUT2D eigenvalue weighted by atomic mass is 10.1. The molecule has 1 aromatic heterocycles. The molecular weight excluding hydrogens is 208 g/mol. The van der Waals surface area contributed by atoms with Crippen LogP contribution >= 0.6 is 0 Å². The monoisotopic (exact) mass is 218 g/mol. The van der Waals surface area contributed by atoms with Gasteiger partial charge in [-0.1, -0.05) is 12.1 Å². The zero-order valence-electron chi connectivity index (χ0n) is 8.37. The van der Waals surface area contributed by atoms with Crippen molar-refractivity contribution in [1.29, 1.82) is 0 Å². The molecular formula is C10H10N4O2. The van der Waals surface area contributed by atoms with Crippen molar-refractivity contribution in [3.8, 4) is 0 Å². The van der Waals surface area contributed by atoms with Gasteiger partial charge in [-0.05, 0) is 17.7 Å². The first-order valence-electron chi connectivity index (χ1n) is 4.62. The third kappa shape index (κ3) is 2.17. The molecule has 0 fully saturated rings. The van der Waals surface area contributed by atoms with E-state index in [1.165, 1.54) is 6.33 Å². The molecule has 6 heteroatoms. The zero-order chi connectivity index (χ0) is 11.5. The summed E-state index contributed by atoms with van der Waals surface area (Å²) in [5.41, 5.74) is 6.58. The van der Waals surface area contributed by atoms with Gasteiger partial charge in [-0.25, -0.2) is 14.5 Å². The van der Waals surface area contributed by atoms with E-state index in [2.05, 4.69) is 10.1 Å². The number of hydrogen-bond acceptors (Lipinski definition) is 4. The molecule has 0 aliphatic carbocycles. The topological polar surface area (TPSA) is 94.0 Å². The van der Waals surface area contributed by atoms with Crippen LogP contribution < -0.4 is 5.73 Å². The predicted molar refractivity (Wildman–Crippen MR) is 56.9 cm³/mol. The van der Waals surface area contributed by atoms with E-state index in [1.54, 1.807) is 28.9 Å². The third-order valence-electron chi connectivity index (χ3n) is 2.10. The highest BCUT2D eigenvalue weighted by atomic mass is 16.4. The Morgan fingerprint density at radius 2 is 2.06 bits per heavy atom. The summed E-state index contributed by atoms with van der Waals surface area (Å²) in [6.07, 6.45) is 1.53. The zero-order valence-corrected chi connectivity index (χ0v) is 8.37. The summed E-state index contributed by atoms with van der Waals surface area (Å²) in [7, 11) is 0. The Labute approximate surface area is 91.3 Å². The Morgan fingerprint density at radius 1 is 1.38 bits per heavy atom. The first-order valence-corrected chi connectivity index (χ1v) is 4.62.